The van der Waals surface area contributed by atoms with Gasteiger partial charge in [-0.15, -0.1) is 0 Å². The zero-order valence-electron chi connectivity index (χ0n) is 12.7. The Bertz CT molecular complexity index is 248. The van der Waals surface area contributed by atoms with E-state index in [9.17, 15) is 0 Å². The van der Waals surface area contributed by atoms with E-state index in [0.717, 1.165) is 0 Å². The molecule has 0 radical (unpaired) electrons. The van der Waals surface area contributed by atoms with Crippen molar-refractivity contribution in [1.29, 1.82) is 0 Å². The second kappa shape index (κ2) is 5.92. The molecule has 1 N–H and O–H groups in total. The van der Waals surface area contributed by atoms with Gasteiger partial charge < -0.3 is 10.2 Å². The molecule has 1 aliphatic heterocycles. The first kappa shape index (κ1) is 14.3. The van der Waals surface area contributed by atoms with Crippen LogP contribution in [0.4, 0.5) is 0 Å². The van der Waals surface area contributed by atoms with E-state index in [4.69, 9.17) is 0 Å². The number of nitrogens with zero attached hydrogens (tertiary/aromatic N) is 1. The van der Waals surface area contributed by atoms with Crippen LogP contribution in [0.5, 0.6) is 0 Å². The van der Waals surface area contributed by atoms with Crippen LogP contribution in [0, 0.1) is 5.41 Å². The van der Waals surface area contributed by atoms with Gasteiger partial charge in [0.25, 0.3) is 0 Å². The zero-order valence-corrected chi connectivity index (χ0v) is 12.7. The predicted molar refractivity (Wildman–Crippen MR) is 78.9 cm³/mol. The third kappa shape index (κ3) is 2.91. The summed E-state index contributed by atoms with van der Waals surface area (Å²) in [7, 11) is 0. The molecule has 2 fully saturated rings. The average molecular weight is 252 g/mol. The van der Waals surface area contributed by atoms with Crippen molar-refractivity contribution in [2.24, 2.45) is 5.41 Å². The summed E-state index contributed by atoms with van der Waals surface area (Å²) in [6.45, 7) is 12.2. The van der Waals surface area contributed by atoms with Crippen molar-refractivity contribution in [3.05, 3.63) is 0 Å². The van der Waals surface area contributed by atoms with Gasteiger partial charge >= 0.3 is 0 Å². The topological polar surface area (TPSA) is 15.3 Å². The van der Waals surface area contributed by atoms with Gasteiger partial charge in [-0.2, -0.15) is 0 Å². The van der Waals surface area contributed by atoms with Crippen molar-refractivity contribution < 1.29 is 0 Å². The molecule has 1 aliphatic carbocycles. The van der Waals surface area contributed by atoms with Crippen LogP contribution in [0.3, 0.4) is 0 Å². The molecule has 0 atom stereocenters. The van der Waals surface area contributed by atoms with Gasteiger partial charge in [-0.05, 0) is 57.0 Å². The number of rotatable bonds is 5. The maximum absolute atomic E-state index is 3.82. The van der Waals surface area contributed by atoms with Crippen LogP contribution in [0.25, 0.3) is 0 Å². The first-order valence-corrected chi connectivity index (χ1v) is 8.15. The van der Waals surface area contributed by atoms with Gasteiger partial charge in [-0.1, -0.05) is 27.2 Å². The van der Waals surface area contributed by atoms with Crippen molar-refractivity contribution in [3.8, 4) is 0 Å². The number of nitrogens with one attached hydrogen (secondary N) is 1. The quantitative estimate of drug-likeness (QED) is 0.806. The van der Waals surface area contributed by atoms with Crippen molar-refractivity contribution in [2.45, 2.75) is 71.3 Å². The Balaban J connectivity index is 1.98. The van der Waals surface area contributed by atoms with Crippen molar-refractivity contribution in [2.75, 3.05) is 26.2 Å². The lowest BCUT2D eigenvalue weighted by molar-refractivity contribution is 0.0518. The summed E-state index contributed by atoms with van der Waals surface area (Å²) in [4.78, 5) is 2.77. The van der Waals surface area contributed by atoms with Gasteiger partial charge in [-0.3, -0.25) is 0 Å². The van der Waals surface area contributed by atoms with Gasteiger partial charge in [-0.25, -0.2) is 0 Å². The van der Waals surface area contributed by atoms with E-state index < -0.39 is 0 Å². The molecule has 0 aromatic carbocycles. The fourth-order valence-corrected chi connectivity index (χ4v) is 3.85. The fourth-order valence-electron chi connectivity index (χ4n) is 3.85. The molecule has 0 bridgehead atoms. The highest BCUT2D eigenvalue weighted by Crippen LogP contribution is 2.44. The molecule has 1 saturated heterocycles. The molecule has 0 aromatic heterocycles. The lowest BCUT2D eigenvalue weighted by Crippen LogP contribution is -2.53. The van der Waals surface area contributed by atoms with Gasteiger partial charge in [0.05, 0.1) is 0 Å². The second-order valence-corrected chi connectivity index (χ2v) is 6.69. The Morgan fingerprint density at radius 3 is 2.22 bits per heavy atom. The summed E-state index contributed by atoms with van der Waals surface area (Å²) < 4.78 is 0. The van der Waals surface area contributed by atoms with Crippen molar-refractivity contribution >= 4 is 0 Å². The molecular weight excluding hydrogens is 220 g/mol. The Labute approximate surface area is 114 Å². The summed E-state index contributed by atoms with van der Waals surface area (Å²) in [5.74, 6) is 0. The summed E-state index contributed by atoms with van der Waals surface area (Å²) in [6.07, 6.45) is 9.63. The molecule has 2 heteroatoms. The summed E-state index contributed by atoms with van der Waals surface area (Å²) in [5.41, 5.74) is 1.06. The highest BCUT2D eigenvalue weighted by molar-refractivity contribution is 4.95. The number of hydrogen-bond acceptors (Lipinski definition) is 2. The van der Waals surface area contributed by atoms with E-state index in [0.29, 0.717) is 11.0 Å². The molecule has 2 rings (SSSR count). The largest absolute Gasteiger partial charge is 0.310 e. The molecule has 18 heavy (non-hydrogen) atoms. The monoisotopic (exact) mass is 252 g/mol. The summed E-state index contributed by atoms with van der Waals surface area (Å²) >= 11 is 0. The van der Waals surface area contributed by atoms with Gasteiger partial charge in [0, 0.05) is 18.6 Å². The first-order valence-electron chi connectivity index (χ1n) is 8.15. The standard InChI is InChI=1S/C16H32N2/c1-4-15(9-7-10-15)13-18-12-8-11-17-16(5-2,6-3)14-18/h17H,4-14H2,1-3H3. The third-order valence-corrected chi connectivity index (χ3v) is 5.75. The van der Waals surface area contributed by atoms with E-state index in [-0.39, 0.29) is 0 Å². The van der Waals surface area contributed by atoms with Gasteiger partial charge in [0.1, 0.15) is 0 Å². The van der Waals surface area contributed by atoms with Crippen molar-refractivity contribution in [3.63, 3.8) is 0 Å². The molecule has 2 aliphatic rings. The molecular formula is C16H32N2. The minimum absolute atomic E-state index is 0.384. The van der Waals surface area contributed by atoms with Gasteiger partial charge in [0.2, 0.25) is 0 Å². The molecule has 106 valence electrons. The van der Waals surface area contributed by atoms with Crippen LogP contribution < -0.4 is 5.32 Å². The van der Waals surface area contributed by atoms with Crippen LogP contribution in [-0.2, 0) is 0 Å². The van der Waals surface area contributed by atoms with Crippen LogP contribution in [0.2, 0.25) is 0 Å². The Hall–Kier alpha value is -0.0800. The highest BCUT2D eigenvalue weighted by Gasteiger charge is 2.39. The molecule has 0 unspecified atom stereocenters. The maximum Gasteiger partial charge on any atom is 0.0303 e. The maximum atomic E-state index is 3.82. The minimum atomic E-state index is 0.384. The summed E-state index contributed by atoms with van der Waals surface area (Å²) in [6, 6.07) is 0. The van der Waals surface area contributed by atoms with E-state index >= 15 is 0 Å². The predicted octanol–water partition coefficient (Wildman–Crippen LogP) is 3.42. The molecule has 0 amide bonds. The van der Waals surface area contributed by atoms with Crippen LogP contribution in [-0.4, -0.2) is 36.6 Å². The zero-order chi connectivity index (χ0) is 13.1. The summed E-state index contributed by atoms with van der Waals surface area (Å²) in [5, 5.41) is 3.82. The average Bonchev–Trinajstić information content (AvgIpc) is 2.56. The lowest BCUT2D eigenvalue weighted by atomic mass is 9.66. The lowest BCUT2D eigenvalue weighted by Gasteiger charge is -2.46. The second-order valence-electron chi connectivity index (χ2n) is 6.69. The van der Waals surface area contributed by atoms with E-state index in [1.54, 1.807) is 0 Å². The molecule has 2 nitrogen and oxygen atoms in total. The number of hydrogen-bond donors (Lipinski definition) is 1. The molecule has 1 heterocycles. The van der Waals surface area contributed by atoms with Crippen LogP contribution >= 0.6 is 0 Å². The van der Waals surface area contributed by atoms with Crippen LogP contribution in [0.1, 0.15) is 65.7 Å². The van der Waals surface area contributed by atoms with Crippen molar-refractivity contribution in [1.82, 2.24) is 10.2 Å². The molecule has 1 saturated carbocycles. The highest BCUT2D eigenvalue weighted by atomic mass is 15.2. The third-order valence-electron chi connectivity index (χ3n) is 5.75. The Morgan fingerprint density at radius 1 is 1.00 bits per heavy atom. The minimum Gasteiger partial charge on any atom is -0.310 e. The van der Waals surface area contributed by atoms with E-state index in [1.807, 2.05) is 0 Å². The fraction of sp³-hybridized carbons (Fsp3) is 1.00. The van der Waals surface area contributed by atoms with Crippen LogP contribution in [0.15, 0.2) is 0 Å². The molecule has 0 spiro atoms. The Kier molecular flexibility index (Phi) is 4.71. The smallest absolute Gasteiger partial charge is 0.0303 e. The molecule has 0 aromatic rings. The van der Waals surface area contributed by atoms with E-state index in [1.165, 1.54) is 71.1 Å². The Morgan fingerprint density at radius 2 is 1.72 bits per heavy atom. The SMILES string of the molecule is CCC1(CN2CCCNC(CC)(CC)C2)CCC1. The first-order chi connectivity index (χ1) is 8.67. The normalized spacial score (nSPS) is 27.5. The van der Waals surface area contributed by atoms with E-state index in [2.05, 4.69) is 31.0 Å². The van der Waals surface area contributed by atoms with Gasteiger partial charge in [0.15, 0.2) is 0 Å².